The molecule has 3 aromatic rings. The quantitative estimate of drug-likeness (QED) is 0.276. The Morgan fingerprint density at radius 2 is 1.74 bits per heavy atom. The van der Waals surface area contributed by atoms with Gasteiger partial charge in [0.05, 0.1) is 21.9 Å². The number of nitrogens with zero attached hydrogens (tertiary/aromatic N) is 5. The fourth-order valence-corrected chi connectivity index (χ4v) is 6.47. The molecule has 226 valence electrons. The Hall–Kier alpha value is -3.02. The summed E-state index contributed by atoms with van der Waals surface area (Å²) in [5.41, 5.74) is 6.71. The molecule has 2 fully saturated rings. The van der Waals surface area contributed by atoms with Gasteiger partial charge in [0.25, 0.3) is 0 Å². The predicted molar refractivity (Wildman–Crippen MR) is 165 cm³/mol. The Morgan fingerprint density at radius 3 is 2.38 bits per heavy atom. The number of imidazole rings is 1. The van der Waals surface area contributed by atoms with Crippen LogP contribution in [0.4, 0.5) is 22.4 Å². The van der Waals surface area contributed by atoms with Gasteiger partial charge in [-0.2, -0.15) is 4.98 Å². The van der Waals surface area contributed by atoms with E-state index in [1.807, 2.05) is 25.3 Å². The minimum absolute atomic E-state index is 0.00181. The molecule has 1 saturated heterocycles. The zero-order chi connectivity index (χ0) is 30.2. The summed E-state index contributed by atoms with van der Waals surface area (Å²) < 4.78 is 7.59. The number of nitrogens with two attached hydrogens (primary N) is 1. The molecular weight excluding hydrogens is 603 g/mol. The molecule has 1 aliphatic carbocycles. The van der Waals surface area contributed by atoms with Crippen LogP contribution in [0.15, 0.2) is 18.3 Å². The number of aromatic nitrogens is 4. The van der Waals surface area contributed by atoms with Gasteiger partial charge in [-0.25, -0.2) is 14.8 Å². The molecule has 1 aliphatic heterocycles. The first-order valence-electron chi connectivity index (χ1n) is 14.1. The van der Waals surface area contributed by atoms with Crippen molar-refractivity contribution < 1.29 is 14.3 Å². The van der Waals surface area contributed by atoms with Crippen molar-refractivity contribution in [1.29, 1.82) is 0 Å². The normalized spacial score (nSPS) is 21.3. The summed E-state index contributed by atoms with van der Waals surface area (Å²) in [5.74, 6) is 0.501. The highest BCUT2D eigenvalue weighted by Gasteiger charge is 2.31. The van der Waals surface area contributed by atoms with Gasteiger partial charge in [0, 0.05) is 36.1 Å². The summed E-state index contributed by atoms with van der Waals surface area (Å²) in [6.45, 7) is 6.69. The number of rotatable bonds is 6. The Kier molecular flexibility index (Phi) is 8.91. The highest BCUT2D eigenvalue weighted by atomic mass is 35.5. The van der Waals surface area contributed by atoms with Crippen molar-refractivity contribution in [2.75, 3.05) is 23.7 Å². The first-order chi connectivity index (χ1) is 19.9. The van der Waals surface area contributed by atoms with E-state index in [1.165, 1.54) is 0 Å². The molecule has 14 heteroatoms. The topological polar surface area (TPSA) is 140 Å². The van der Waals surface area contributed by atoms with E-state index in [2.05, 4.69) is 15.6 Å². The lowest BCUT2D eigenvalue weighted by molar-refractivity contribution is -0.122. The standard InChI is InChI=1S/C28H35Cl3N8O3/c1-28(2,3)42-27(41)38-10-4-5-17(14-38)34-25-33-13-21-24(37-25)39(18-8-6-15(7-9-18)23(32)40)26(35-21)36-22-19(30)11-16(29)12-20(22)31/h11-13,15,17-18H,4-10,14H2,1-3H3,(H2,32,40)(H,35,36)(H,33,34,37)/t15-,17-,18+/m1/s1. The van der Waals surface area contributed by atoms with E-state index in [4.69, 9.17) is 55.2 Å². The van der Waals surface area contributed by atoms with E-state index in [1.54, 1.807) is 23.2 Å². The van der Waals surface area contributed by atoms with Crippen molar-refractivity contribution in [1.82, 2.24) is 24.4 Å². The van der Waals surface area contributed by atoms with Gasteiger partial charge in [0.15, 0.2) is 5.65 Å². The van der Waals surface area contributed by atoms with Crippen LogP contribution in [0, 0.1) is 5.92 Å². The maximum absolute atomic E-state index is 12.7. The van der Waals surface area contributed by atoms with Crippen molar-refractivity contribution in [3.8, 4) is 0 Å². The van der Waals surface area contributed by atoms with Gasteiger partial charge < -0.3 is 26.0 Å². The van der Waals surface area contributed by atoms with Crippen molar-refractivity contribution >= 4 is 75.6 Å². The predicted octanol–water partition coefficient (Wildman–Crippen LogP) is 6.56. The van der Waals surface area contributed by atoms with Crippen LogP contribution < -0.4 is 16.4 Å². The molecule has 1 aromatic carbocycles. The van der Waals surface area contributed by atoms with E-state index in [0.29, 0.717) is 69.7 Å². The van der Waals surface area contributed by atoms with E-state index in [-0.39, 0.29) is 30.0 Å². The van der Waals surface area contributed by atoms with Crippen molar-refractivity contribution in [2.45, 2.75) is 77.0 Å². The fraction of sp³-hybridized carbons (Fsp3) is 0.536. The van der Waals surface area contributed by atoms with Gasteiger partial charge in [-0.15, -0.1) is 0 Å². The van der Waals surface area contributed by atoms with E-state index >= 15 is 0 Å². The number of anilines is 3. The molecule has 2 aliphatic rings. The number of fused-ring (bicyclic) bond motifs is 1. The molecule has 1 atom stereocenters. The molecule has 1 saturated carbocycles. The number of primary amides is 1. The lowest BCUT2D eigenvalue weighted by Crippen LogP contribution is -2.47. The number of hydrogen-bond donors (Lipinski definition) is 3. The summed E-state index contributed by atoms with van der Waals surface area (Å²) >= 11 is 19.1. The molecule has 0 unspecified atom stereocenters. The number of halogens is 3. The largest absolute Gasteiger partial charge is 0.444 e. The molecule has 0 bridgehead atoms. The van der Waals surface area contributed by atoms with Gasteiger partial charge in [-0.1, -0.05) is 34.8 Å². The van der Waals surface area contributed by atoms with Gasteiger partial charge >= 0.3 is 6.09 Å². The second kappa shape index (κ2) is 12.3. The number of hydrogen-bond acceptors (Lipinski definition) is 8. The molecular formula is C28H35Cl3N8O3. The van der Waals surface area contributed by atoms with Crippen LogP contribution in [-0.2, 0) is 9.53 Å². The minimum atomic E-state index is -0.563. The highest BCUT2D eigenvalue weighted by Crippen LogP contribution is 2.40. The number of ether oxygens (including phenoxy) is 1. The Balaban J connectivity index is 1.44. The van der Waals surface area contributed by atoms with E-state index in [0.717, 1.165) is 25.7 Å². The molecule has 0 spiro atoms. The third-order valence-corrected chi connectivity index (χ3v) is 8.36. The minimum Gasteiger partial charge on any atom is -0.444 e. The number of likely N-dealkylation sites (tertiary alicyclic amines) is 1. The molecule has 2 aromatic heterocycles. The lowest BCUT2D eigenvalue weighted by atomic mass is 9.85. The van der Waals surface area contributed by atoms with Gasteiger partial charge in [-0.3, -0.25) is 9.36 Å². The van der Waals surface area contributed by atoms with E-state index in [9.17, 15) is 9.59 Å². The summed E-state index contributed by atoms with van der Waals surface area (Å²) in [7, 11) is 0. The fourth-order valence-electron chi connectivity index (χ4n) is 5.56. The molecule has 0 radical (unpaired) electrons. The SMILES string of the molecule is CC(C)(C)OC(=O)N1CCC[C@@H](Nc2ncc3nc(Nc4c(Cl)cc(Cl)cc4Cl)n([C@H]4CC[C@@H](C(N)=O)CC4)c3n2)C1. The Morgan fingerprint density at radius 1 is 1.05 bits per heavy atom. The smallest absolute Gasteiger partial charge is 0.410 e. The van der Waals surface area contributed by atoms with Crippen LogP contribution in [0.25, 0.3) is 11.2 Å². The summed E-state index contributed by atoms with van der Waals surface area (Å²) in [5, 5.41) is 7.81. The van der Waals surface area contributed by atoms with Crippen LogP contribution in [0.3, 0.4) is 0 Å². The van der Waals surface area contributed by atoms with Gasteiger partial charge in [-0.05, 0) is 71.4 Å². The number of carbonyl (C=O) groups excluding carboxylic acids is 2. The maximum Gasteiger partial charge on any atom is 0.410 e. The molecule has 4 N–H and O–H groups in total. The Bertz CT molecular complexity index is 1460. The van der Waals surface area contributed by atoms with E-state index < -0.39 is 5.60 Å². The van der Waals surface area contributed by atoms with Crippen LogP contribution in [0.2, 0.25) is 15.1 Å². The third kappa shape index (κ3) is 6.95. The van der Waals surface area contributed by atoms with Crippen LogP contribution >= 0.6 is 34.8 Å². The summed E-state index contributed by atoms with van der Waals surface area (Å²) in [6, 6.07) is 3.16. The maximum atomic E-state index is 12.7. The molecule has 42 heavy (non-hydrogen) atoms. The number of benzene rings is 1. The van der Waals surface area contributed by atoms with Gasteiger partial charge in [0.1, 0.15) is 11.1 Å². The number of amides is 2. The number of carbonyl (C=O) groups is 2. The van der Waals surface area contributed by atoms with Crippen LogP contribution in [-0.4, -0.2) is 61.2 Å². The highest BCUT2D eigenvalue weighted by molar-refractivity contribution is 6.41. The first-order valence-corrected chi connectivity index (χ1v) is 15.2. The van der Waals surface area contributed by atoms with Gasteiger partial charge in [0.2, 0.25) is 17.8 Å². The zero-order valence-electron chi connectivity index (χ0n) is 23.8. The average Bonchev–Trinajstić information content (AvgIpc) is 3.27. The first kappa shape index (κ1) is 30.4. The lowest BCUT2D eigenvalue weighted by Gasteiger charge is -2.34. The number of nitrogens with one attached hydrogen (secondary N) is 2. The Labute approximate surface area is 259 Å². The molecule has 2 amide bonds. The second-order valence-electron chi connectivity index (χ2n) is 11.9. The van der Waals surface area contributed by atoms with Crippen LogP contribution in [0.1, 0.15) is 65.3 Å². The second-order valence-corrected chi connectivity index (χ2v) is 13.1. The van der Waals surface area contributed by atoms with Crippen molar-refractivity contribution in [3.63, 3.8) is 0 Å². The van der Waals surface area contributed by atoms with Crippen molar-refractivity contribution in [2.24, 2.45) is 11.7 Å². The third-order valence-electron chi connectivity index (χ3n) is 7.55. The summed E-state index contributed by atoms with van der Waals surface area (Å²) in [6.07, 6.45) is 5.80. The number of piperidine rings is 1. The monoisotopic (exact) mass is 636 g/mol. The van der Waals surface area contributed by atoms with Crippen molar-refractivity contribution in [3.05, 3.63) is 33.4 Å². The molecule has 5 rings (SSSR count). The molecule has 3 heterocycles. The zero-order valence-corrected chi connectivity index (χ0v) is 26.1. The summed E-state index contributed by atoms with van der Waals surface area (Å²) in [4.78, 5) is 40.4. The average molecular weight is 638 g/mol. The van der Waals surface area contributed by atoms with Crippen LogP contribution in [0.5, 0.6) is 0 Å². The molecule has 11 nitrogen and oxygen atoms in total.